The number of carbonyl (C=O) groups is 1. The van der Waals surface area contributed by atoms with Crippen LogP contribution in [0.25, 0.3) is 33.2 Å². The summed E-state index contributed by atoms with van der Waals surface area (Å²) in [5, 5.41) is 5.24. The van der Waals surface area contributed by atoms with Crippen molar-refractivity contribution in [2.75, 3.05) is 49.9 Å². The van der Waals surface area contributed by atoms with Crippen molar-refractivity contribution >= 4 is 68.2 Å². The summed E-state index contributed by atoms with van der Waals surface area (Å²) in [7, 11) is 7.25. The number of halogens is 2. The van der Waals surface area contributed by atoms with Gasteiger partial charge in [-0.05, 0) is 66.7 Å². The number of rotatable bonds is 8. The SMILES string of the molecule is CN(C)c1nc(=O)n(-c2cccc(NC(=O)COc3cccc(-n4c(=O)nc(N(C)C)c5ccc(Cl)cc54)c3)c2)c2cc(Cl)ccc12. The maximum absolute atomic E-state index is 13.2. The van der Waals surface area contributed by atoms with Crippen LogP contribution in [0.1, 0.15) is 0 Å². The summed E-state index contributed by atoms with van der Waals surface area (Å²) < 4.78 is 8.71. The Morgan fingerprint density at radius 2 is 1.23 bits per heavy atom. The van der Waals surface area contributed by atoms with Gasteiger partial charge in [0, 0.05) is 60.8 Å². The van der Waals surface area contributed by atoms with Crippen LogP contribution < -0.4 is 31.2 Å². The first-order chi connectivity index (χ1) is 22.5. The summed E-state index contributed by atoms with van der Waals surface area (Å²) >= 11 is 12.6. The van der Waals surface area contributed by atoms with Gasteiger partial charge in [-0.25, -0.2) is 9.59 Å². The molecule has 4 aromatic carbocycles. The van der Waals surface area contributed by atoms with E-state index in [1.165, 1.54) is 9.13 Å². The minimum Gasteiger partial charge on any atom is -0.484 e. The third-order valence-electron chi connectivity index (χ3n) is 7.35. The quantitative estimate of drug-likeness (QED) is 0.225. The molecule has 0 aliphatic carbocycles. The molecule has 13 heteroatoms. The Hall–Kier alpha value is -5.39. The van der Waals surface area contributed by atoms with Crippen LogP contribution in [-0.2, 0) is 4.79 Å². The van der Waals surface area contributed by atoms with E-state index in [0.717, 1.165) is 10.8 Å². The average molecular weight is 671 g/mol. The number of anilines is 3. The second kappa shape index (κ2) is 12.8. The molecule has 0 aliphatic heterocycles. The zero-order valence-corrected chi connectivity index (χ0v) is 27.4. The molecule has 0 saturated carbocycles. The van der Waals surface area contributed by atoms with Crippen LogP contribution in [0.4, 0.5) is 17.3 Å². The van der Waals surface area contributed by atoms with E-state index in [1.807, 2.05) is 40.3 Å². The smallest absolute Gasteiger partial charge is 0.354 e. The van der Waals surface area contributed by atoms with Gasteiger partial charge >= 0.3 is 11.4 Å². The number of nitrogens with one attached hydrogen (secondary N) is 1. The van der Waals surface area contributed by atoms with E-state index < -0.39 is 17.3 Å². The number of hydrogen-bond acceptors (Lipinski definition) is 8. The summed E-state index contributed by atoms with van der Waals surface area (Å²) in [5.74, 6) is 0.981. The van der Waals surface area contributed by atoms with Crippen LogP contribution in [0.2, 0.25) is 10.0 Å². The molecule has 6 rings (SSSR count). The predicted octanol–water partition coefficient (Wildman–Crippen LogP) is 5.54. The summed E-state index contributed by atoms with van der Waals surface area (Å²) in [6, 6.07) is 24.2. The summed E-state index contributed by atoms with van der Waals surface area (Å²) in [6.45, 7) is -0.315. The number of hydrogen-bond donors (Lipinski definition) is 1. The van der Waals surface area contributed by atoms with E-state index in [2.05, 4.69) is 15.3 Å². The highest BCUT2D eigenvalue weighted by Crippen LogP contribution is 2.29. The van der Waals surface area contributed by atoms with Crippen molar-refractivity contribution in [3.63, 3.8) is 0 Å². The fourth-order valence-corrected chi connectivity index (χ4v) is 5.66. The normalized spacial score (nSPS) is 11.1. The Bertz CT molecular complexity index is 2300. The largest absolute Gasteiger partial charge is 0.484 e. The lowest BCUT2D eigenvalue weighted by molar-refractivity contribution is -0.118. The third-order valence-corrected chi connectivity index (χ3v) is 7.82. The molecule has 0 atom stereocenters. The van der Waals surface area contributed by atoms with E-state index in [4.69, 9.17) is 27.9 Å². The molecule has 0 saturated heterocycles. The van der Waals surface area contributed by atoms with Gasteiger partial charge in [0.15, 0.2) is 6.61 Å². The summed E-state index contributed by atoms with van der Waals surface area (Å²) in [6.07, 6.45) is 0. The van der Waals surface area contributed by atoms with Gasteiger partial charge in [-0.15, -0.1) is 0 Å². The lowest BCUT2D eigenvalue weighted by Crippen LogP contribution is -2.26. The molecule has 0 aliphatic rings. The Kier molecular flexibility index (Phi) is 8.59. The maximum atomic E-state index is 13.2. The standard InChI is InChI=1S/C34H29Cl2N7O4/c1-40(2)31-26-13-11-20(35)15-28(26)42(33(45)38-31)23-8-5-7-22(17-23)37-30(44)19-47-25-10-6-9-24(18-25)43-29-16-21(36)12-14-27(29)32(41(3)4)39-34(43)46/h5-18H,19H2,1-4H3,(H,37,44). The summed E-state index contributed by atoms with van der Waals surface area (Å²) in [5.41, 5.74) is 1.63. The third kappa shape index (κ3) is 6.35. The Balaban J connectivity index is 1.24. The second-order valence-electron chi connectivity index (χ2n) is 11.1. The highest BCUT2D eigenvalue weighted by atomic mass is 35.5. The van der Waals surface area contributed by atoms with Gasteiger partial charge in [0.25, 0.3) is 5.91 Å². The van der Waals surface area contributed by atoms with Crippen molar-refractivity contribution in [3.8, 4) is 17.1 Å². The lowest BCUT2D eigenvalue weighted by Gasteiger charge is -2.18. The topological polar surface area (TPSA) is 115 Å². The van der Waals surface area contributed by atoms with E-state index in [0.29, 0.717) is 55.5 Å². The lowest BCUT2D eigenvalue weighted by atomic mass is 10.2. The molecule has 6 aromatic rings. The van der Waals surface area contributed by atoms with Crippen LogP contribution in [0, 0.1) is 0 Å². The van der Waals surface area contributed by atoms with Crippen LogP contribution in [-0.4, -0.2) is 59.8 Å². The first-order valence-corrected chi connectivity index (χ1v) is 15.2. The number of fused-ring (bicyclic) bond motifs is 2. The van der Waals surface area contributed by atoms with Crippen LogP contribution >= 0.6 is 23.2 Å². The van der Waals surface area contributed by atoms with Crippen molar-refractivity contribution in [3.05, 3.63) is 116 Å². The minimum atomic E-state index is -0.490. The van der Waals surface area contributed by atoms with Crippen molar-refractivity contribution in [1.29, 1.82) is 0 Å². The predicted molar refractivity (Wildman–Crippen MR) is 187 cm³/mol. The van der Waals surface area contributed by atoms with Crippen LogP contribution in [0.15, 0.2) is 94.5 Å². The molecule has 2 aromatic heterocycles. The summed E-state index contributed by atoms with van der Waals surface area (Å²) in [4.78, 5) is 51.4. The van der Waals surface area contributed by atoms with Crippen LogP contribution in [0.5, 0.6) is 5.75 Å². The molecule has 2 heterocycles. The van der Waals surface area contributed by atoms with Crippen molar-refractivity contribution in [2.45, 2.75) is 0 Å². The van der Waals surface area contributed by atoms with Crippen LogP contribution in [0.3, 0.4) is 0 Å². The van der Waals surface area contributed by atoms with Crippen molar-refractivity contribution < 1.29 is 9.53 Å². The van der Waals surface area contributed by atoms with E-state index in [1.54, 1.807) is 82.6 Å². The van der Waals surface area contributed by atoms with E-state index in [-0.39, 0.29) is 6.61 Å². The molecule has 0 fully saturated rings. The fourth-order valence-electron chi connectivity index (χ4n) is 5.33. The molecule has 1 amide bonds. The second-order valence-corrected chi connectivity index (χ2v) is 12.0. The van der Waals surface area contributed by atoms with E-state index in [9.17, 15) is 14.4 Å². The number of aromatic nitrogens is 4. The molecule has 11 nitrogen and oxygen atoms in total. The Morgan fingerprint density at radius 3 is 1.77 bits per heavy atom. The number of amides is 1. The van der Waals surface area contributed by atoms with Gasteiger partial charge in [-0.2, -0.15) is 9.97 Å². The fraction of sp³-hybridized carbons (Fsp3) is 0.147. The molecule has 0 unspecified atom stereocenters. The van der Waals surface area contributed by atoms with Gasteiger partial charge in [-0.3, -0.25) is 13.9 Å². The minimum absolute atomic E-state index is 0.315. The van der Waals surface area contributed by atoms with Gasteiger partial charge in [-0.1, -0.05) is 35.3 Å². The zero-order chi connectivity index (χ0) is 33.4. The van der Waals surface area contributed by atoms with Gasteiger partial charge in [0.1, 0.15) is 17.4 Å². The van der Waals surface area contributed by atoms with Gasteiger partial charge < -0.3 is 19.9 Å². The molecule has 238 valence electrons. The number of ether oxygens (including phenoxy) is 1. The molecular weight excluding hydrogens is 641 g/mol. The molecule has 47 heavy (non-hydrogen) atoms. The molecule has 0 spiro atoms. The van der Waals surface area contributed by atoms with Gasteiger partial charge in [0.05, 0.1) is 22.4 Å². The average Bonchev–Trinajstić information content (AvgIpc) is 3.03. The van der Waals surface area contributed by atoms with Crippen molar-refractivity contribution in [1.82, 2.24) is 19.1 Å². The Labute approximate surface area is 279 Å². The molecular formula is C34H29Cl2N7O4. The zero-order valence-electron chi connectivity index (χ0n) is 25.9. The first-order valence-electron chi connectivity index (χ1n) is 14.4. The van der Waals surface area contributed by atoms with Crippen molar-refractivity contribution in [2.24, 2.45) is 0 Å². The number of benzene rings is 4. The molecule has 1 N–H and O–H groups in total. The highest BCUT2D eigenvalue weighted by Gasteiger charge is 2.16. The molecule has 0 radical (unpaired) electrons. The first kappa shape index (κ1) is 31.6. The maximum Gasteiger partial charge on any atom is 0.354 e. The van der Waals surface area contributed by atoms with E-state index >= 15 is 0 Å². The highest BCUT2D eigenvalue weighted by molar-refractivity contribution is 6.31. The molecule has 0 bridgehead atoms. The number of nitrogens with zero attached hydrogens (tertiary/aromatic N) is 6. The van der Waals surface area contributed by atoms with Gasteiger partial charge in [0.2, 0.25) is 0 Å². The monoisotopic (exact) mass is 669 g/mol. The Morgan fingerprint density at radius 1 is 0.723 bits per heavy atom. The number of carbonyl (C=O) groups excluding carboxylic acids is 1.